The molecule has 0 saturated heterocycles. The van der Waals surface area contributed by atoms with Crippen LogP contribution in [-0.2, 0) is 11.3 Å². The minimum absolute atomic E-state index is 0.0694. The van der Waals surface area contributed by atoms with E-state index >= 15 is 0 Å². The van der Waals surface area contributed by atoms with Gasteiger partial charge in [-0.1, -0.05) is 18.2 Å². The van der Waals surface area contributed by atoms with Crippen molar-refractivity contribution in [3.05, 3.63) is 95.0 Å². The highest BCUT2D eigenvalue weighted by Gasteiger charge is 2.34. The van der Waals surface area contributed by atoms with Gasteiger partial charge in [0.25, 0.3) is 0 Å². The number of fused-ring (bicyclic) bond motifs is 1. The molecule has 1 unspecified atom stereocenters. The van der Waals surface area contributed by atoms with E-state index in [1.165, 1.54) is 23.1 Å². The molecule has 0 saturated carbocycles. The molecule has 2 aromatic carbocycles. The third-order valence-electron chi connectivity index (χ3n) is 4.81. The Labute approximate surface area is 167 Å². The van der Waals surface area contributed by atoms with Gasteiger partial charge in [-0.15, -0.1) is 11.8 Å². The number of ether oxygens (including phenoxy) is 1. The van der Waals surface area contributed by atoms with Crippen LogP contribution in [-0.4, -0.2) is 17.3 Å². The zero-order chi connectivity index (χ0) is 19.7. The highest BCUT2D eigenvalue weighted by molar-refractivity contribution is 7.98. The fourth-order valence-electron chi connectivity index (χ4n) is 3.45. The van der Waals surface area contributed by atoms with Gasteiger partial charge in [0, 0.05) is 22.4 Å². The minimum Gasteiger partial charge on any atom is -0.489 e. The van der Waals surface area contributed by atoms with Crippen molar-refractivity contribution in [1.29, 1.82) is 0 Å². The number of nitrogens with one attached hydrogen (secondary N) is 1. The standard InChI is InChI=1S/C22H20F2N2OS/c1-14-21(15-6-3-7-16(12-15)28-2)26-11-5-10-20(22(26)25-14)27-13-17-18(23)8-4-9-19(17)24/h3-12,22,25H,13H2,1-2H3. The summed E-state index contributed by atoms with van der Waals surface area (Å²) in [6.07, 6.45) is 7.48. The van der Waals surface area contributed by atoms with E-state index in [4.69, 9.17) is 4.74 Å². The molecule has 0 amide bonds. The molecule has 0 aromatic heterocycles. The van der Waals surface area contributed by atoms with E-state index in [0.717, 1.165) is 17.0 Å². The van der Waals surface area contributed by atoms with Gasteiger partial charge in [-0.05, 0) is 49.6 Å². The lowest BCUT2D eigenvalue weighted by Gasteiger charge is -2.30. The maximum absolute atomic E-state index is 13.9. The number of benzene rings is 2. The van der Waals surface area contributed by atoms with Crippen molar-refractivity contribution in [2.24, 2.45) is 0 Å². The topological polar surface area (TPSA) is 24.5 Å². The van der Waals surface area contributed by atoms with Crippen LogP contribution in [0.4, 0.5) is 8.78 Å². The zero-order valence-electron chi connectivity index (χ0n) is 15.6. The minimum atomic E-state index is -0.605. The summed E-state index contributed by atoms with van der Waals surface area (Å²) in [7, 11) is 0. The Hall–Kier alpha value is -2.73. The number of halogens is 2. The Morgan fingerprint density at radius 2 is 1.89 bits per heavy atom. The summed E-state index contributed by atoms with van der Waals surface area (Å²) in [6, 6.07) is 12.2. The van der Waals surface area contributed by atoms with Crippen LogP contribution in [0, 0.1) is 11.6 Å². The van der Waals surface area contributed by atoms with Crippen molar-refractivity contribution < 1.29 is 13.5 Å². The fourth-order valence-corrected chi connectivity index (χ4v) is 3.90. The van der Waals surface area contributed by atoms with E-state index in [9.17, 15) is 8.78 Å². The highest BCUT2D eigenvalue weighted by Crippen LogP contribution is 2.35. The molecule has 6 heteroatoms. The average molecular weight is 398 g/mol. The third kappa shape index (κ3) is 3.40. The number of nitrogens with zero attached hydrogens (tertiary/aromatic N) is 1. The Bertz CT molecular complexity index is 980. The van der Waals surface area contributed by atoms with E-state index in [-0.39, 0.29) is 18.3 Å². The smallest absolute Gasteiger partial charge is 0.162 e. The van der Waals surface area contributed by atoms with E-state index in [1.54, 1.807) is 11.8 Å². The maximum atomic E-state index is 13.9. The number of thioether (sulfide) groups is 1. The van der Waals surface area contributed by atoms with Crippen molar-refractivity contribution in [2.75, 3.05) is 6.26 Å². The Morgan fingerprint density at radius 1 is 1.14 bits per heavy atom. The molecule has 1 atom stereocenters. The van der Waals surface area contributed by atoms with E-state index in [0.29, 0.717) is 5.76 Å². The van der Waals surface area contributed by atoms with Gasteiger partial charge in [0.05, 0.1) is 11.3 Å². The summed E-state index contributed by atoms with van der Waals surface area (Å²) in [5, 5.41) is 3.42. The lowest BCUT2D eigenvalue weighted by molar-refractivity contribution is 0.145. The van der Waals surface area contributed by atoms with Gasteiger partial charge in [0.1, 0.15) is 24.0 Å². The van der Waals surface area contributed by atoms with Gasteiger partial charge in [0.15, 0.2) is 6.17 Å². The second-order valence-electron chi connectivity index (χ2n) is 6.56. The normalized spacial score (nSPS) is 18.1. The average Bonchev–Trinajstić information content (AvgIpc) is 3.04. The molecular weight excluding hydrogens is 378 g/mol. The summed E-state index contributed by atoms with van der Waals surface area (Å²) in [4.78, 5) is 3.27. The second kappa shape index (κ2) is 7.72. The predicted octanol–water partition coefficient (Wildman–Crippen LogP) is 5.23. The van der Waals surface area contributed by atoms with E-state index < -0.39 is 11.6 Å². The first kappa shape index (κ1) is 18.6. The van der Waals surface area contributed by atoms with Crippen LogP contribution in [0.25, 0.3) is 5.70 Å². The van der Waals surface area contributed by atoms with Gasteiger partial charge in [-0.2, -0.15) is 0 Å². The molecule has 0 spiro atoms. The van der Waals surface area contributed by atoms with Gasteiger partial charge >= 0.3 is 0 Å². The van der Waals surface area contributed by atoms with Gasteiger partial charge in [-0.3, -0.25) is 0 Å². The van der Waals surface area contributed by atoms with Gasteiger partial charge in [-0.25, -0.2) is 8.78 Å². The van der Waals surface area contributed by atoms with Crippen molar-refractivity contribution in [1.82, 2.24) is 10.2 Å². The van der Waals surface area contributed by atoms with Gasteiger partial charge in [0.2, 0.25) is 0 Å². The molecule has 2 aromatic rings. The monoisotopic (exact) mass is 398 g/mol. The van der Waals surface area contributed by atoms with Crippen molar-refractivity contribution in [3.63, 3.8) is 0 Å². The highest BCUT2D eigenvalue weighted by atomic mass is 32.2. The number of hydrogen-bond acceptors (Lipinski definition) is 4. The summed E-state index contributed by atoms with van der Waals surface area (Å²) in [5.41, 5.74) is 3.11. The molecule has 28 heavy (non-hydrogen) atoms. The molecule has 0 bridgehead atoms. The molecular formula is C22H20F2N2OS. The number of hydrogen-bond donors (Lipinski definition) is 1. The van der Waals surface area contributed by atoms with Crippen LogP contribution in [0.5, 0.6) is 0 Å². The first-order chi connectivity index (χ1) is 13.6. The summed E-state index contributed by atoms with van der Waals surface area (Å²) < 4.78 is 33.6. The number of rotatable bonds is 5. The summed E-state index contributed by atoms with van der Waals surface area (Å²) >= 11 is 1.69. The molecule has 0 aliphatic carbocycles. The molecule has 2 heterocycles. The number of allylic oxidation sites excluding steroid dienone is 3. The molecule has 2 aliphatic rings. The van der Waals surface area contributed by atoms with E-state index in [1.807, 2.05) is 37.6 Å². The van der Waals surface area contributed by atoms with Crippen molar-refractivity contribution in [2.45, 2.75) is 24.6 Å². The van der Waals surface area contributed by atoms with Crippen LogP contribution in [0.2, 0.25) is 0 Å². The lowest BCUT2D eigenvalue weighted by Crippen LogP contribution is -2.37. The first-order valence-electron chi connectivity index (χ1n) is 8.92. The van der Waals surface area contributed by atoms with Crippen molar-refractivity contribution >= 4 is 17.5 Å². The van der Waals surface area contributed by atoms with Gasteiger partial charge < -0.3 is 15.0 Å². The molecule has 144 valence electrons. The largest absolute Gasteiger partial charge is 0.489 e. The third-order valence-corrected chi connectivity index (χ3v) is 5.53. The van der Waals surface area contributed by atoms with Crippen LogP contribution in [0.15, 0.2) is 77.2 Å². The molecule has 0 fully saturated rings. The first-order valence-corrected chi connectivity index (χ1v) is 10.1. The molecule has 2 aliphatic heterocycles. The Balaban J connectivity index is 1.55. The van der Waals surface area contributed by atoms with Crippen LogP contribution >= 0.6 is 11.8 Å². The molecule has 1 N–H and O–H groups in total. The molecule has 4 rings (SSSR count). The van der Waals surface area contributed by atoms with Crippen LogP contribution in [0.3, 0.4) is 0 Å². The predicted molar refractivity (Wildman–Crippen MR) is 108 cm³/mol. The zero-order valence-corrected chi connectivity index (χ0v) is 16.4. The SMILES string of the molecule is CSc1cccc(C2=C(C)NC3C(OCc4c(F)cccc4F)=CC=CN23)c1. The quantitative estimate of drug-likeness (QED) is 0.697. The van der Waals surface area contributed by atoms with Crippen LogP contribution in [0.1, 0.15) is 18.1 Å². The van der Waals surface area contributed by atoms with Crippen molar-refractivity contribution in [3.8, 4) is 0 Å². The lowest BCUT2D eigenvalue weighted by atomic mass is 10.1. The fraction of sp³-hybridized carbons (Fsp3) is 0.182. The summed E-state index contributed by atoms with van der Waals surface area (Å²) in [6.45, 7) is 1.85. The Kier molecular flexibility index (Phi) is 5.13. The van der Waals surface area contributed by atoms with Crippen LogP contribution < -0.4 is 5.32 Å². The second-order valence-corrected chi connectivity index (χ2v) is 7.44. The maximum Gasteiger partial charge on any atom is 0.162 e. The molecule has 3 nitrogen and oxygen atoms in total. The Morgan fingerprint density at radius 3 is 2.64 bits per heavy atom. The van der Waals surface area contributed by atoms with E-state index in [2.05, 4.69) is 28.4 Å². The summed E-state index contributed by atoms with van der Waals surface area (Å²) in [5.74, 6) is -0.598. The molecule has 0 radical (unpaired) electrons.